The van der Waals surface area contributed by atoms with Crippen LogP contribution in [-0.2, 0) is 4.79 Å². The molecule has 1 heterocycles. The van der Waals surface area contributed by atoms with Crippen molar-refractivity contribution in [2.24, 2.45) is 0 Å². The van der Waals surface area contributed by atoms with Crippen LogP contribution in [-0.4, -0.2) is 31.8 Å². The van der Waals surface area contributed by atoms with Gasteiger partial charge in [-0.05, 0) is 41.6 Å². The summed E-state index contributed by atoms with van der Waals surface area (Å²) in [6.07, 6.45) is 0. The highest BCUT2D eigenvalue weighted by Gasteiger charge is 2.23. The van der Waals surface area contributed by atoms with Crippen molar-refractivity contribution in [3.8, 4) is 0 Å². The lowest BCUT2D eigenvalue weighted by Gasteiger charge is -2.16. The molecule has 0 fully saturated rings. The molecule has 3 aromatic carbocycles. The summed E-state index contributed by atoms with van der Waals surface area (Å²) in [4.78, 5) is 41.4. The minimum absolute atomic E-state index is 0.154. The van der Waals surface area contributed by atoms with Crippen molar-refractivity contribution in [3.63, 3.8) is 0 Å². The standard InChI is InChI=1S/C25H21N5O4S3/c1-2-35-25-28-24(37-29-25)27-23(32)21(16-7-4-3-5-8-16)36-20-13-11-18(12-14-20)26-22(31)17-9-6-10-19(15-17)30(33)34/h3-15,21H,2H2,1H3,(H,26,31)(H,27,28,29,32). The van der Waals surface area contributed by atoms with E-state index in [0.29, 0.717) is 16.0 Å². The molecule has 0 aliphatic rings. The van der Waals surface area contributed by atoms with Crippen LogP contribution < -0.4 is 10.6 Å². The van der Waals surface area contributed by atoms with Crippen molar-refractivity contribution in [1.82, 2.24) is 9.36 Å². The molecule has 4 aromatic rings. The number of hydrogen-bond donors (Lipinski definition) is 2. The molecule has 1 atom stereocenters. The molecule has 1 unspecified atom stereocenters. The number of non-ortho nitro benzene ring substituents is 1. The molecule has 37 heavy (non-hydrogen) atoms. The zero-order chi connectivity index (χ0) is 26.2. The quantitative estimate of drug-likeness (QED) is 0.134. The van der Waals surface area contributed by atoms with E-state index in [1.54, 1.807) is 24.3 Å². The van der Waals surface area contributed by atoms with Gasteiger partial charge in [0, 0.05) is 39.8 Å². The van der Waals surface area contributed by atoms with Crippen LogP contribution in [0.4, 0.5) is 16.5 Å². The number of thioether (sulfide) groups is 2. The molecular formula is C25H21N5O4S3. The summed E-state index contributed by atoms with van der Waals surface area (Å²) in [7, 11) is 0. The molecule has 0 saturated carbocycles. The van der Waals surface area contributed by atoms with Gasteiger partial charge in [0.15, 0.2) is 0 Å². The van der Waals surface area contributed by atoms with Gasteiger partial charge < -0.3 is 5.32 Å². The molecule has 0 bridgehead atoms. The van der Waals surface area contributed by atoms with Crippen LogP contribution in [0.3, 0.4) is 0 Å². The minimum Gasteiger partial charge on any atom is -0.322 e. The number of nitro benzene ring substituents is 1. The first-order valence-corrected chi connectivity index (χ1v) is 13.7. The van der Waals surface area contributed by atoms with Gasteiger partial charge in [0.1, 0.15) is 5.25 Å². The third kappa shape index (κ3) is 7.15. The largest absolute Gasteiger partial charge is 0.322 e. The van der Waals surface area contributed by atoms with Crippen molar-refractivity contribution in [2.45, 2.75) is 22.2 Å². The van der Waals surface area contributed by atoms with Crippen LogP contribution in [0, 0.1) is 10.1 Å². The maximum Gasteiger partial charge on any atom is 0.270 e. The molecule has 2 N–H and O–H groups in total. The van der Waals surface area contributed by atoms with E-state index in [0.717, 1.165) is 27.7 Å². The van der Waals surface area contributed by atoms with E-state index in [4.69, 9.17) is 0 Å². The first-order valence-electron chi connectivity index (χ1n) is 11.1. The summed E-state index contributed by atoms with van der Waals surface area (Å²) in [5, 5.41) is 17.1. The highest BCUT2D eigenvalue weighted by atomic mass is 32.2. The Morgan fingerprint density at radius 3 is 2.49 bits per heavy atom. The van der Waals surface area contributed by atoms with Crippen LogP contribution >= 0.6 is 35.1 Å². The summed E-state index contributed by atoms with van der Waals surface area (Å²) in [6, 6.07) is 22.0. The van der Waals surface area contributed by atoms with Crippen LogP contribution in [0.2, 0.25) is 0 Å². The van der Waals surface area contributed by atoms with Crippen LogP contribution in [0.5, 0.6) is 0 Å². The molecule has 4 rings (SSSR count). The molecule has 1 aromatic heterocycles. The number of rotatable bonds is 10. The van der Waals surface area contributed by atoms with Gasteiger partial charge in [0.25, 0.3) is 11.6 Å². The van der Waals surface area contributed by atoms with Crippen molar-refractivity contribution < 1.29 is 14.5 Å². The van der Waals surface area contributed by atoms with E-state index in [2.05, 4.69) is 20.0 Å². The number of nitrogens with zero attached hydrogens (tertiary/aromatic N) is 3. The second-order valence-corrected chi connectivity index (χ2v) is 10.7. The first-order chi connectivity index (χ1) is 17.9. The molecule has 0 aliphatic carbocycles. The lowest BCUT2D eigenvalue weighted by Crippen LogP contribution is -2.19. The third-order valence-corrected chi connectivity index (χ3v) is 7.68. The predicted molar refractivity (Wildman–Crippen MR) is 147 cm³/mol. The average molecular weight is 552 g/mol. The van der Waals surface area contributed by atoms with Crippen LogP contribution in [0.15, 0.2) is 88.9 Å². The summed E-state index contributed by atoms with van der Waals surface area (Å²) >= 11 is 4.02. The van der Waals surface area contributed by atoms with E-state index in [1.807, 2.05) is 37.3 Å². The zero-order valence-electron chi connectivity index (χ0n) is 19.5. The Balaban J connectivity index is 1.46. The summed E-state index contributed by atoms with van der Waals surface area (Å²) < 4.78 is 4.25. The Hall–Kier alpha value is -3.74. The Morgan fingerprint density at radius 2 is 1.78 bits per heavy atom. The van der Waals surface area contributed by atoms with Gasteiger partial charge in [0.2, 0.25) is 16.2 Å². The van der Waals surface area contributed by atoms with E-state index in [-0.39, 0.29) is 17.2 Å². The second kappa shape index (κ2) is 12.5. The van der Waals surface area contributed by atoms with Crippen molar-refractivity contribution in [1.29, 1.82) is 0 Å². The lowest BCUT2D eigenvalue weighted by atomic mass is 10.1. The highest BCUT2D eigenvalue weighted by Crippen LogP contribution is 2.37. The zero-order valence-corrected chi connectivity index (χ0v) is 21.9. The molecular weight excluding hydrogens is 531 g/mol. The maximum absolute atomic E-state index is 13.2. The van der Waals surface area contributed by atoms with Crippen molar-refractivity contribution >= 4 is 63.4 Å². The summed E-state index contributed by atoms with van der Waals surface area (Å²) in [5.41, 5.74) is 1.39. The lowest BCUT2D eigenvalue weighted by molar-refractivity contribution is -0.384. The van der Waals surface area contributed by atoms with Gasteiger partial charge in [0.05, 0.1) is 4.92 Å². The number of hydrogen-bond acceptors (Lipinski definition) is 9. The third-order valence-electron chi connectivity index (χ3n) is 4.94. The Labute approximate surface area is 225 Å². The van der Waals surface area contributed by atoms with E-state index in [9.17, 15) is 19.7 Å². The molecule has 0 saturated heterocycles. The highest BCUT2D eigenvalue weighted by molar-refractivity contribution is 8.00. The van der Waals surface area contributed by atoms with Gasteiger partial charge in [-0.15, -0.1) is 11.8 Å². The molecule has 2 amide bonds. The van der Waals surface area contributed by atoms with Crippen LogP contribution in [0.1, 0.15) is 28.1 Å². The fourth-order valence-electron chi connectivity index (χ4n) is 3.24. The number of carbonyl (C=O) groups is 2. The molecule has 12 heteroatoms. The van der Waals surface area contributed by atoms with Gasteiger partial charge in [-0.1, -0.05) is 55.1 Å². The van der Waals surface area contributed by atoms with Crippen molar-refractivity contribution in [3.05, 3.63) is 100 Å². The smallest absolute Gasteiger partial charge is 0.270 e. The fourth-order valence-corrected chi connectivity index (χ4v) is 5.53. The van der Waals surface area contributed by atoms with E-state index < -0.39 is 16.1 Å². The Bertz CT molecular complexity index is 1400. The van der Waals surface area contributed by atoms with Crippen LogP contribution in [0.25, 0.3) is 0 Å². The molecule has 0 radical (unpaired) electrons. The van der Waals surface area contributed by atoms with Gasteiger partial charge >= 0.3 is 0 Å². The normalized spacial score (nSPS) is 11.5. The van der Waals surface area contributed by atoms with Gasteiger partial charge in [-0.2, -0.15) is 9.36 Å². The second-order valence-electron chi connectivity index (χ2n) is 7.50. The average Bonchev–Trinajstić information content (AvgIpc) is 3.35. The SMILES string of the molecule is CCSc1nsc(NC(=O)C(Sc2ccc(NC(=O)c3cccc([N+](=O)[O-])c3)cc2)c2ccccc2)n1. The Kier molecular flexibility index (Phi) is 8.88. The number of benzene rings is 3. The van der Waals surface area contributed by atoms with Gasteiger partial charge in [-0.3, -0.25) is 25.0 Å². The molecule has 0 aliphatic heterocycles. The van der Waals surface area contributed by atoms with Gasteiger partial charge in [-0.25, -0.2) is 0 Å². The number of nitrogens with one attached hydrogen (secondary N) is 2. The number of carbonyl (C=O) groups excluding carboxylic acids is 2. The monoisotopic (exact) mass is 551 g/mol. The van der Waals surface area contributed by atoms with Crippen molar-refractivity contribution in [2.75, 3.05) is 16.4 Å². The number of amides is 2. The Morgan fingerprint density at radius 1 is 1.03 bits per heavy atom. The maximum atomic E-state index is 13.2. The summed E-state index contributed by atoms with van der Waals surface area (Å²) in [6.45, 7) is 2.01. The molecule has 188 valence electrons. The molecule has 0 spiro atoms. The fraction of sp³-hybridized carbons (Fsp3) is 0.120. The summed E-state index contributed by atoms with van der Waals surface area (Å²) in [5.74, 6) is 0.167. The first kappa shape index (κ1) is 26.3. The predicted octanol–water partition coefficient (Wildman–Crippen LogP) is 6.28. The topological polar surface area (TPSA) is 127 Å². The number of anilines is 2. The minimum atomic E-state index is -0.545. The molecule has 9 nitrogen and oxygen atoms in total. The van der Waals surface area contributed by atoms with E-state index >= 15 is 0 Å². The number of aromatic nitrogens is 2. The number of nitro groups is 1. The van der Waals surface area contributed by atoms with E-state index in [1.165, 1.54) is 47.8 Å².